The van der Waals surface area contributed by atoms with Gasteiger partial charge in [-0.3, -0.25) is 0 Å². The molecule has 1 aliphatic carbocycles. The summed E-state index contributed by atoms with van der Waals surface area (Å²) in [4.78, 5) is 2.42. The normalized spacial score (nSPS) is 40.3. The molecule has 3 heteroatoms. The van der Waals surface area contributed by atoms with Crippen LogP contribution in [0.25, 0.3) is 0 Å². The van der Waals surface area contributed by atoms with Gasteiger partial charge in [-0.05, 0) is 31.7 Å². The highest BCUT2D eigenvalue weighted by Crippen LogP contribution is 2.26. The predicted molar refractivity (Wildman–Crippen MR) is 57.0 cm³/mol. The summed E-state index contributed by atoms with van der Waals surface area (Å²) in [5.74, 6) is 0.508. The van der Waals surface area contributed by atoms with Gasteiger partial charge in [-0.2, -0.15) is 0 Å². The maximum Gasteiger partial charge on any atom is 0.0580 e. The Hall–Kier alpha value is -0.120. The minimum atomic E-state index is -0.0550. The summed E-state index contributed by atoms with van der Waals surface area (Å²) in [5, 5.41) is 9.84. The van der Waals surface area contributed by atoms with Crippen molar-refractivity contribution in [3.63, 3.8) is 0 Å². The Labute approximate surface area is 86.3 Å². The van der Waals surface area contributed by atoms with Crippen molar-refractivity contribution in [2.75, 3.05) is 19.6 Å². The van der Waals surface area contributed by atoms with Crippen LogP contribution in [0, 0.1) is 5.92 Å². The molecule has 0 aromatic heterocycles. The largest absolute Gasteiger partial charge is 0.393 e. The Bertz CT molecular complexity index is 186. The average Bonchev–Trinajstić information content (AvgIpc) is 2.56. The van der Waals surface area contributed by atoms with Crippen LogP contribution in [0.3, 0.4) is 0 Å². The second kappa shape index (κ2) is 4.60. The molecule has 3 nitrogen and oxygen atoms in total. The lowest BCUT2D eigenvalue weighted by molar-refractivity contribution is 0.0509. The standard InChI is InChI=1S/C11H22N2O/c12-10-5-6-13(8-10)7-9-3-1-2-4-11(9)14/h9-11,14H,1-8,12H2/t9?,10-,11?/m0/s1. The van der Waals surface area contributed by atoms with Gasteiger partial charge in [0.05, 0.1) is 6.10 Å². The van der Waals surface area contributed by atoms with Crippen molar-refractivity contribution in [2.45, 2.75) is 44.2 Å². The fourth-order valence-corrected chi connectivity index (χ4v) is 2.76. The highest BCUT2D eigenvalue weighted by molar-refractivity contribution is 4.83. The second-order valence-electron chi connectivity index (χ2n) is 4.92. The van der Waals surface area contributed by atoms with Crippen LogP contribution in [-0.4, -0.2) is 41.8 Å². The average molecular weight is 198 g/mol. The zero-order chi connectivity index (χ0) is 9.97. The van der Waals surface area contributed by atoms with Crippen molar-refractivity contribution in [1.82, 2.24) is 4.90 Å². The number of aliphatic hydroxyl groups excluding tert-OH is 1. The first-order valence-corrected chi connectivity index (χ1v) is 5.91. The molecule has 1 heterocycles. The molecule has 2 aliphatic rings. The van der Waals surface area contributed by atoms with E-state index in [1.54, 1.807) is 0 Å². The molecule has 2 rings (SSSR count). The Morgan fingerprint density at radius 1 is 1.21 bits per heavy atom. The van der Waals surface area contributed by atoms with E-state index in [0.717, 1.165) is 32.5 Å². The molecule has 0 bridgehead atoms. The molecule has 3 N–H and O–H groups in total. The number of rotatable bonds is 2. The lowest BCUT2D eigenvalue weighted by Crippen LogP contribution is -2.37. The van der Waals surface area contributed by atoms with Gasteiger partial charge < -0.3 is 15.7 Å². The third kappa shape index (κ3) is 2.47. The van der Waals surface area contributed by atoms with Crippen LogP contribution >= 0.6 is 0 Å². The van der Waals surface area contributed by atoms with Crippen LogP contribution in [0.4, 0.5) is 0 Å². The van der Waals surface area contributed by atoms with Crippen molar-refractivity contribution in [3.8, 4) is 0 Å². The fourth-order valence-electron chi connectivity index (χ4n) is 2.76. The SMILES string of the molecule is N[C@H]1CCN(CC2CCCCC2O)C1. The maximum absolute atomic E-state index is 9.84. The molecular weight excluding hydrogens is 176 g/mol. The van der Waals surface area contributed by atoms with Crippen molar-refractivity contribution in [1.29, 1.82) is 0 Å². The van der Waals surface area contributed by atoms with Crippen LogP contribution in [0.2, 0.25) is 0 Å². The molecule has 2 unspecified atom stereocenters. The summed E-state index contributed by atoms with van der Waals surface area (Å²) >= 11 is 0. The second-order valence-corrected chi connectivity index (χ2v) is 4.92. The third-order valence-electron chi connectivity index (χ3n) is 3.67. The molecule has 0 spiro atoms. The van der Waals surface area contributed by atoms with E-state index >= 15 is 0 Å². The van der Waals surface area contributed by atoms with Gasteiger partial charge in [0.2, 0.25) is 0 Å². The zero-order valence-electron chi connectivity index (χ0n) is 8.86. The summed E-state index contributed by atoms with van der Waals surface area (Å²) in [7, 11) is 0. The van der Waals surface area contributed by atoms with Crippen LogP contribution in [0.5, 0.6) is 0 Å². The molecule has 2 fully saturated rings. The van der Waals surface area contributed by atoms with Gasteiger partial charge in [0, 0.05) is 19.1 Å². The summed E-state index contributed by atoms with van der Waals surface area (Å²) in [6.45, 7) is 3.22. The van der Waals surface area contributed by atoms with Gasteiger partial charge in [-0.1, -0.05) is 12.8 Å². The van der Waals surface area contributed by atoms with Crippen LogP contribution in [0.15, 0.2) is 0 Å². The topological polar surface area (TPSA) is 49.5 Å². The maximum atomic E-state index is 9.84. The molecule has 1 aliphatic heterocycles. The first-order valence-electron chi connectivity index (χ1n) is 5.91. The summed E-state index contributed by atoms with van der Waals surface area (Å²) in [5.41, 5.74) is 5.86. The van der Waals surface area contributed by atoms with E-state index in [9.17, 15) is 5.11 Å². The highest BCUT2D eigenvalue weighted by Gasteiger charge is 2.27. The summed E-state index contributed by atoms with van der Waals surface area (Å²) in [6.07, 6.45) is 5.78. The van der Waals surface area contributed by atoms with Crippen LogP contribution in [0.1, 0.15) is 32.1 Å². The van der Waals surface area contributed by atoms with E-state index in [2.05, 4.69) is 4.90 Å². The molecule has 82 valence electrons. The molecule has 1 saturated carbocycles. The molecule has 14 heavy (non-hydrogen) atoms. The molecule has 3 atom stereocenters. The van der Waals surface area contributed by atoms with E-state index in [0.29, 0.717) is 12.0 Å². The predicted octanol–water partition coefficient (Wildman–Crippen LogP) is 0.570. The molecule has 0 aromatic rings. The number of hydrogen-bond acceptors (Lipinski definition) is 3. The van der Waals surface area contributed by atoms with E-state index in [-0.39, 0.29) is 6.10 Å². The number of nitrogens with zero attached hydrogens (tertiary/aromatic N) is 1. The van der Waals surface area contributed by atoms with E-state index in [1.807, 2.05) is 0 Å². The molecule has 1 saturated heterocycles. The summed E-state index contributed by atoms with van der Waals surface area (Å²) in [6, 6.07) is 0.371. The Morgan fingerprint density at radius 3 is 2.64 bits per heavy atom. The number of nitrogens with two attached hydrogens (primary N) is 1. The van der Waals surface area contributed by atoms with Crippen LogP contribution < -0.4 is 5.73 Å². The van der Waals surface area contributed by atoms with Crippen molar-refractivity contribution in [3.05, 3.63) is 0 Å². The lowest BCUT2D eigenvalue weighted by Gasteiger charge is -2.31. The van der Waals surface area contributed by atoms with Gasteiger partial charge in [0.15, 0.2) is 0 Å². The molecule has 0 amide bonds. The molecular formula is C11H22N2O. The minimum Gasteiger partial charge on any atom is -0.393 e. The van der Waals surface area contributed by atoms with E-state index < -0.39 is 0 Å². The Balaban J connectivity index is 1.78. The van der Waals surface area contributed by atoms with Crippen LogP contribution in [-0.2, 0) is 0 Å². The van der Waals surface area contributed by atoms with Gasteiger partial charge >= 0.3 is 0 Å². The number of aliphatic hydroxyl groups is 1. The zero-order valence-corrected chi connectivity index (χ0v) is 8.86. The van der Waals surface area contributed by atoms with E-state index in [1.165, 1.54) is 19.3 Å². The fraction of sp³-hybridized carbons (Fsp3) is 1.00. The minimum absolute atomic E-state index is 0.0550. The Morgan fingerprint density at radius 2 is 2.00 bits per heavy atom. The molecule has 0 radical (unpaired) electrons. The number of hydrogen-bond donors (Lipinski definition) is 2. The van der Waals surface area contributed by atoms with Gasteiger partial charge in [-0.25, -0.2) is 0 Å². The van der Waals surface area contributed by atoms with Crippen molar-refractivity contribution < 1.29 is 5.11 Å². The van der Waals surface area contributed by atoms with Gasteiger partial charge in [0.25, 0.3) is 0 Å². The molecule has 0 aromatic carbocycles. The quantitative estimate of drug-likeness (QED) is 0.682. The van der Waals surface area contributed by atoms with Gasteiger partial charge in [0.1, 0.15) is 0 Å². The third-order valence-corrected chi connectivity index (χ3v) is 3.67. The smallest absolute Gasteiger partial charge is 0.0580 e. The number of likely N-dealkylation sites (tertiary alicyclic amines) is 1. The van der Waals surface area contributed by atoms with Crippen molar-refractivity contribution in [2.24, 2.45) is 11.7 Å². The lowest BCUT2D eigenvalue weighted by atomic mass is 9.86. The highest BCUT2D eigenvalue weighted by atomic mass is 16.3. The summed E-state index contributed by atoms with van der Waals surface area (Å²) < 4.78 is 0. The first-order chi connectivity index (χ1) is 6.75. The first kappa shape index (κ1) is 10.4. The van der Waals surface area contributed by atoms with E-state index in [4.69, 9.17) is 5.73 Å². The monoisotopic (exact) mass is 198 g/mol. The van der Waals surface area contributed by atoms with Gasteiger partial charge in [-0.15, -0.1) is 0 Å². The van der Waals surface area contributed by atoms with Crippen molar-refractivity contribution >= 4 is 0 Å². The Kier molecular flexibility index (Phi) is 3.42.